The van der Waals surface area contributed by atoms with Crippen molar-refractivity contribution in [3.8, 4) is 11.5 Å². The van der Waals surface area contributed by atoms with Crippen molar-refractivity contribution < 1.29 is 28.6 Å². The molecular formula is C22H19N3O6. The third kappa shape index (κ3) is 5.08. The normalized spacial score (nSPS) is 12.1. The number of benzene rings is 2. The number of nitrogens with zero attached hydrogens (tertiary/aromatic N) is 1. The van der Waals surface area contributed by atoms with E-state index in [1.807, 2.05) is 24.3 Å². The van der Waals surface area contributed by atoms with Crippen LogP contribution in [0.15, 0.2) is 54.7 Å². The van der Waals surface area contributed by atoms with E-state index >= 15 is 0 Å². The zero-order valence-corrected chi connectivity index (χ0v) is 16.4. The quantitative estimate of drug-likeness (QED) is 0.608. The number of hydrogen-bond donors (Lipinski definition) is 2. The number of nitrogens with one attached hydrogen (secondary N) is 2. The summed E-state index contributed by atoms with van der Waals surface area (Å²) in [7, 11) is 0. The predicted molar refractivity (Wildman–Crippen MR) is 111 cm³/mol. The summed E-state index contributed by atoms with van der Waals surface area (Å²) in [6, 6.07) is 13.3. The zero-order chi connectivity index (χ0) is 21.6. The Morgan fingerprint density at radius 1 is 1.00 bits per heavy atom. The fourth-order valence-corrected chi connectivity index (χ4v) is 3.11. The largest absolute Gasteiger partial charge is 0.486 e. The van der Waals surface area contributed by atoms with Gasteiger partial charge in [-0.1, -0.05) is 24.3 Å². The molecule has 0 saturated heterocycles. The lowest BCUT2D eigenvalue weighted by Gasteiger charge is -2.19. The third-order valence-corrected chi connectivity index (χ3v) is 4.47. The number of urea groups is 1. The highest BCUT2D eigenvalue weighted by atomic mass is 16.6. The first-order valence-corrected chi connectivity index (χ1v) is 9.57. The highest BCUT2D eigenvalue weighted by Crippen LogP contribution is 2.32. The third-order valence-electron chi connectivity index (χ3n) is 4.47. The number of imide groups is 1. The molecule has 0 fully saturated rings. The first-order chi connectivity index (χ1) is 15.1. The lowest BCUT2D eigenvalue weighted by Crippen LogP contribution is -2.37. The summed E-state index contributed by atoms with van der Waals surface area (Å²) in [5, 5.41) is 5.53. The molecule has 0 radical (unpaired) electrons. The average molecular weight is 421 g/mol. The molecule has 2 heterocycles. The second kappa shape index (κ2) is 9.12. The predicted octanol–water partition coefficient (Wildman–Crippen LogP) is 2.44. The van der Waals surface area contributed by atoms with Crippen molar-refractivity contribution in [2.45, 2.75) is 6.42 Å². The summed E-state index contributed by atoms with van der Waals surface area (Å²) in [6.07, 6.45) is 1.61. The van der Waals surface area contributed by atoms with Gasteiger partial charge in [0.05, 0.1) is 11.9 Å². The molecule has 0 aliphatic carbocycles. The fraction of sp³-hybridized carbons (Fsp3) is 0.182. The molecule has 0 bridgehead atoms. The van der Waals surface area contributed by atoms with Crippen LogP contribution in [0.2, 0.25) is 0 Å². The van der Waals surface area contributed by atoms with Gasteiger partial charge in [-0.05, 0) is 23.8 Å². The molecule has 2 N–H and O–H groups in total. The number of fused-ring (bicyclic) bond motifs is 2. The number of ether oxygens (including phenoxy) is 3. The maximum Gasteiger partial charge on any atom is 0.325 e. The van der Waals surface area contributed by atoms with Crippen LogP contribution in [0, 0.1) is 0 Å². The van der Waals surface area contributed by atoms with Crippen molar-refractivity contribution in [1.82, 2.24) is 10.3 Å². The lowest BCUT2D eigenvalue weighted by molar-refractivity contribution is -0.147. The van der Waals surface area contributed by atoms with Crippen molar-refractivity contribution in [2.75, 3.05) is 25.1 Å². The van der Waals surface area contributed by atoms with Gasteiger partial charge in [-0.2, -0.15) is 0 Å². The Balaban J connectivity index is 1.26. The number of esters is 1. The molecule has 9 nitrogen and oxygen atoms in total. The maximum atomic E-state index is 12.1. The molecule has 158 valence electrons. The standard InChI is InChI=1S/C22H19N3O6/c26-19(25-22(28)24-16-6-7-17-18(12-16)30-10-9-29-17)13-31-20(27)11-15-4-1-3-14-5-2-8-23-21(14)15/h1-8,12H,9-11,13H2,(H2,24,25,26,28). The van der Waals surface area contributed by atoms with Gasteiger partial charge >= 0.3 is 12.0 Å². The van der Waals surface area contributed by atoms with E-state index in [-0.39, 0.29) is 6.42 Å². The number of carbonyl (C=O) groups excluding carboxylic acids is 3. The Labute approximate surface area is 177 Å². The molecule has 3 aromatic rings. The number of anilines is 1. The summed E-state index contributed by atoms with van der Waals surface area (Å²) >= 11 is 0. The van der Waals surface area contributed by atoms with E-state index in [1.54, 1.807) is 30.5 Å². The van der Waals surface area contributed by atoms with Crippen LogP contribution in [-0.4, -0.2) is 42.7 Å². The summed E-state index contributed by atoms with van der Waals surface area (Å²) in [6.45, 7) is 0.303. The summed E-state index contributed by atoms with van der Waals surface area (Å²) in [5.41, 5.74) is 1.82. The Morgan fingerprint density at radius 2 is 1.81 bits per heavy atom. The van der Waals surface area contributed by atoms with Crippen LogP contribution >= 0.6 is 0 Å². The molecule has 0 atom stereocenters. The van der Waals surface area contributed by atoms with Crippen LogP contribution < -0.4 is 20.1 Å². The van der Waals surface area contributed by atoms with E-state index in [9.17, 15) is 14.4 Å². The van der Waals surface area contributed by atoms with Crippen molar-refractivity contribution in [1.29, 1.82) is 0 Å². The van der Waals surface area contributed by atoms with Crippen LogP contribution in [0.1, 0.15) is 5.56 Å². The van der Waals surface area contributed by atoms with Crippen molar-refractivity contribution in [3.63, 3.8) is 0 Å². The van der Waals surface area contributed by atoms with Gasteiger partial charge in [-0.15, -0.1) is 0 Å². The van der Waals surface area contributed by atoms with Crippen LogP contribution in [0.25, 0.3) is 10.9 Å². The van der Waals surface area contributed by atoms with E-state index in [0.717, 1.165) is 5.39 Å². The van der Waals surface area contributed by atoms with E-state index in [4.69, 9.17) is 14.2 Å². The fourth-order valence-electron chi connectivity index (χ4n) is 3.11. The Hall–Kier alpha value is -4.14. The van der Waals surface area contributed by atoms with Crippen molar-refractivity contribution in [2.24, 2.45) is 0 Å². The number of hydrogen-bond acceptors (Lipinski definition) is 7. The molecule has 1 aromatic heterocycles. The lowest BCUT2D eigenvalue weighted by atomic mass is 10.1. The van der Waals surface area contributed by atoms with Gasteiger partial charge in [0.15, 0.2) is 18.1 Å². The molecule has 0 saturated carbocycles. The van der Waals surface area contributed by atoms with Gasteiger partial charge < -0.3 is 19.5 Å². The van der Waals surface area contributed by atoms with E-state index in [0.29, 0.717) is 41.5 Å². The molecule has 2 aromatic carbocycles. The van der Waals surface area contributed by atoms with E-state index < -0.39 is 24.5 Å². The first kappa shape index (κ1) is 20.1. The van der Waals surface area contributed by atoms with Crippen molar-refractivity contribution in [3.05, 3.63) is 60.3 Å². The van der Waals surface area contributed by atoms with Crippen LogP contribution in [0.4, 0.5) is 10.5 Å². The molecule has 31 heavy (non-hydrogen) atoms. The molecule has 9 heteroatoms. The Kier molecular flexibility index (Phi) is 5.93. The highest BCUT2D eigenvalue weighted by Gasteiger charge is 2.15. The number of para-hydroxylation sites is 1. The Morgan fingerprint density at radius 3 is 2.68 bits per heavy atom. The molecule has 3 amide bonds. The van der Waals surface area contributed by atoms with Crippen LogP contribution in [-0.2, 0) is 20.7 Å². The molecule has 1 aliphatic rings. The van der Waals surface area contributed by atoms with Crippen LogP contribution in [0.5, 0.6) is 11.5 Å². The topological polar surface area (TPSA) is 116 Å². The monoisotopic (exact) mass is 421 g/mol. The molecular weight excluding hydrogens is 402 g/mol. The van der Waals surface area contributed by atoms with Crippen LogP contribution in [0.3, 0.4) is 0 Å². The minimum Gasteiger partial charge on any atom is -0.486 e. The smallest absolute Gasteiger partial charge is 0.325 e. The summed E-state index contributed by atoms with van der Waals surface area (Å²) < 4.78 is 15.8. The highest BCUT2D eigenvalue weighted by molar-refractivity contribution is 6.02. The van der Waals surface area contributed by atoms with Crippen molar-refractivity contribution >= 4 is 34.5 Å². The first-order valence-electron chi connectivity index (χ1n) is 9.57. The van der Waals surface area contributed by atoms with Gasteiger partial charge in [0.1, 0.15) is 13.2 Å². The second-order valence-corrected chi connectivity index (χ2v) is 6.69. The Bertz CT molecular complexity index is 1140. The number of aromatic nitrogens is 1. The number of rotatable bonds is 5. The SMILES string of the molecule is O=C(COC(=O)Cc1cccc2cccnc12)NC(=O)Nc1ccc2c(c1)OCCO2. The minimum atomic E-state index is -0.754. The second-order valence-electron chi connectivity index (χ2n) is 6.69. The van der Waals surface area contributed by atoms with Gasteiger partial charge in [0.25, 0.3) is 5.91 Å². The summed E-state index contributed by atoms with van der Waals surface area (Å²) in [5.74, 6) is -0.256. The van der Waals surface area contributed by atoms with E-state index in [2.05, 4.69) is 15.6 Å². The van der Waals surface area contributed by atoms with Gasteiger partial charge in [-0.3, -0.25) is 19.9 Å². The number of carbonyl (C=O) groups is 3. The minimum absolute atomic E-state index is 0.0367. The zero-order valence-electron chi connectivity index (χ0n) is 16.4. The molecule has 1 aliphatic heterocycles. The maximum absolute atomic E-state index is 12.1. The van der Waals surface area contributed by atoms with E-state index in [1.165, 1.54) is 0 Å². The number of amides is 3. The average Bonchev–Trinajstić information content (AvgIpc) is 2.78. The molecule has 0 unspecified atom stereocenters. The van der Waals surface area contributed by atoms with Gasteiger partial charge in [0.2, 0.25) is 0 Å². The van der Waals surface area contributed by atoms with Gasteiger partial charge in [0, 0.05) is 23.3 Å². The summed E-state index contributed by atoms with van der Waals surface area (Å²) in [4.78, 5) is 40.3. The number of pyridine rings is 1. The van der Waals surface area contributed by atoms with Gasteiger partial charge in [-0.25, -0.2) is 4.79 Å². The molecule has 0 spiro atoms. The molecule has 4 rings (SSSR count).